The Hall–Kier alpha value is -3.50. The molecule has 0 saturated carbocycles. The highest BCUT2D eigenvalue weighted by Gasteiger charge is 2.20. The molecule has 0 unspecified atom stereocenters. The Morgan fingerprint density at radius 2 is 2.11 bits per heavy atom. The van der Waals surface area contributed by atoms with Crippen molar-refractivity contribution in [3.05, 3.63) is 57.6 Å². The van der Waals surface area contributed by atoms with Gasteiger partial charge in [0.25, 0.3) is 0 Å². The number of piperidine rings is 1. The molecule has 192 valence electrons. The Kier molecular flexibility index (Phi) is 8.17. The van der Waals surface area contributed by atoms with E-state index in [2.05, 4.69) is 56.6 Å². The molecule has 36 heavy (non-hydrogen) atoms. The zero-order valence-corrected chi connectivity index (χ0v) is 21.3. The molecule has 1 fully saturated rings. The molecular weight excluding hydrogens is 458 g/mol. The standard InChI is InChI=1S/C26H35N7O3/c1-5-32-11-10-21(28-3)20(16-32)14-17(2)19-8-6-18(7-9-19)15-33-24-22(29-26(33)34)23(27)30-25(31-24)36-13-12-35-4/h6,8,14H,2,5,7,9-13,15-16H2,1,3-4H3,(H,29,34)(H2,27,30,31). The van der Waals surface area contributed by atoms with E-state index >= 15 is 0 Å². The number of fused-ring (bicyclic) bond motifs is 1. The summed E-state index contributed by atoms with van der Waals surface area (Å²) >= 11 is 0. The predicted molar refractivity (Wildman–Crippen MR) is 143 cm³/mol. The number of anilines is 1. The summed E-state index contributed by atoms with van der Waals surface area (Å²) < 4.78 is 12.1. The maximum Gasteiger partial charge on any atom is 0.328 e. The number of likely N-dealkylation sites (N-methyl/N-ethyl adjacent to an activating group) is 1. The smallest absolute Gasteiger partial charge is 0.328 e. The number of rotatable bonds is 9. The van der Waals surface area contributed by atoms with Gasteiger partial charge in [0.2, 0.25) is 0 Å². The van der Waals surface area contributed by atoms with E-state index in [4.69, 9.17) is 15.2 Å². The molecule has 0 amide bonds. The van der Waals surface area contributed by atoms with Gasteiger partial charge in [-0.3, -0.25) is 14.5 Å². The van der Waals surface area contributed by atoms with Gasteiger partial charge in [0.05, 0.1) is 13.2 Å². The fraction of sp³-hybridized carbons (Fsp3) is 0.462. The number of allylic oxidation sites excluding steroid dienone is 6. The Bertz CT molecular complexity index is 1310. The number of imidazole rings is 1. The SMILES string of the molecule is C=C(C=C1CN(CC)CCC1=NC)C1=CC=C(Cn2c(=O)[nH]c3c(N)nc(OCCOC)nc32)CC1. The maximum atomic E-state index is 12.7. The number of hydrogen-bond acceptors (Lipinski definition) is 8. The number of methoxy groups -OCH3 is 1. The summed E-state index contributed by atoms with van der Waals surface area (Å²) in [5, 5.41) is 0. The average Bonchev–Trinajstić information content (AvgIpc) is 3.20. The summed E-state index contributed by atoms with van der Waals surface area (Å²) in [5.41, 5.74) is 12.3. The number of nitrogens with zero attached hydrogens (tertiary/aromatic N) is 5. The molecule has 2 aromatic heterocycles. The molecule has 0 atom stereocenters. The maximum absolute atomic E-state index is 12.7. The highest BCUT2D eigenvalue weighted by atomic mass is 16.5. The first-order chi connectivity index (χ1) is 17.4. The molecule has 4 rings (SSSR count). The molecule has 1 aliphatic heterocycles. The molecule has 3 N–H and O–H groups in total. The first-order valence-corrected chi connectivity index (χ1v) is 12.3. The second-order valence-corrected chi connectivity index (χ2v) is 8.95. The zero-order valence-electron chi connectivity index (χ0n) is 21.3. The number of aromatic amines is 1. The van der Waals surface area contributed by atoms with Crippen LogP contribution in [0, 0.1) is 0 Å². The van der Waals surface area contributed by atoms with Gasteiger partial charge in [0.1, 0.15) is 12.1 Å². The molecule has 0 aromatic carbocycles. The van der Waals surface area contributed by atoms with Gasteiger partial charge in [0, 0.05) is 39.4 Å². The van der Waals surface area contributed by atoms with Crippen LogP contribution in [0.15, 0.2) is 56.9 Å². The van der Waals surface area contributed by atoms with Crippen molar-refractivity contribution in [3.8, 4) is 6.01 Å². The number of H-pyrrole nitrogens is 1. The first kappa shape index (κ1) is 25.6. The number of nitrogen functional groups attached to an aromatic ring is 1. The van der Waals surface area contributed by atoms with E-state index in [9.17, 15) is 4.79 Å². The number of nitrogens with two attached hydrogens (primary N) is 1. The third kappa shape index (κ3) is 5.66. The minimum atomic E-state index is -0.283. The monoisotopic (exact) mass is 493 g/mol. The van der Waals surface area contributed by atoms with E-state index in [1.54, 1.807) is 11.7 Å². The molecule has 1 saturated heterocycles. The van der Waals surface area contributed by atoms with Gasteiger partial charge in [-0.25, -0.2) is 4.79 Å². The van der Waals surface area contributed by atoms with Gasteiger partial charge < -0.3 is 20.2 Å². The lowest BCUT2D eigenvalue weighted by molar-refractivity contribution is 0.141. The summed E-state index contributed by atoms with van der Waals surface area (Å²) in [6.07, 6.45) is 9.00. The molecule has 0 bridgehead atoms. The van der Waals surface area contributed by atoms with E-state index in [0.717, 1.165) is 50.0 Å². The highest BCUT2D eigenvalue weighted by Crippen LogP contribution is 2.27. The summed E-state index contributed by atoms with van der Waals surface area (Å²) in [4.78, 5) is 30.9. The van der Waals surface area contributed by atoms with Crippen molar-refractivity contribution in [2.24, 2.45) is 4.99 Å². The van der Waals surface area contributed by atoms with Crippen LogP contribution in [0.3, 0.4) is 0 Å². The minimum Gasteiger partial charge on any atom is -0.461 e. The minimum absolute atomic E-state index is 0.119. The zero-order chi connectivity index (χ0) is 25.7. The van der Waals surface area contributed by atoms with E-state index in [0.29, 0.717) is 24.3 Å². The number of hydrogen-bond donors (Lipinski definition) is 2. The number of nitrogens with one attached hydrogen (secondary N) is 1. The second kappa shape index (κ2) is 11.5. The molecule has 2 aromatic rings. The third-order valence-corrected chi connectivity index (χ3v) is 6.65. The topological polar surface area (TPSA) is 124 Å². The number of ether oxygens (including phenoxy) is 2. The lowest BCUT2D eigenvalue weighted by atomic mass is 9.91. The summed E-state index contributed by atoms with van der Waals surface area (Å²) in [6, 6.07) is 0.119. The van der Waals surface area contributed by atoms with E-state index in [1.807, 2.05) is 7.05 Å². The van der Waals surface area contributed by atoms with Crippen LogP contribution >= 0.6 is 0 Å². The van der Waals surface area contributed by atoms with E-state index < -0.39 is 0 Å². The predicted octanol–water partition coefficient (Wildman–Crippen LogP) is 2.65. The normalized spacial score (nSPS) is 19.1. The Labute approximate surface area is 210 Å². The molecule has 3 heterocycles. The molecule has 1 aliphatic carbocycles. The number of aliphatic imine (C=N–C) groups is 1. The molecule has 0 radical (unpaired) electrons. The summed E-state index contributed by atoms with van der Waals surface area (Å²) in [7, 11) is 3.45. The van der Waals surface area contributed by atoms with Crippen LogP contribution < -0.4 is 16.2 Å². The van der Waals surface area contributed by atoms with Crippen LogP contribution in [-0.4, -0.2) is 77.1 Å². The van der Waals surface area contributed by atoms with Crippen LogP contribution in [0.25, 0.3) is 11.2 Å². The van der Waals surface area contributed by atoms with Crippen LogP contribution in [0.1, 0.15) is 26.2 Å². The lowest BCUT2D eigenvalue weighted by Gasteiger charge is -2.29. The lowest BCUT2D eigenvalue weighted by Crippen LogP contribution is -2.35. The quantitative estimate of drug-likeness (QED) is 0.515. The first-order valence-electron chi connectivity index (χ1n) is 12.3. The van der Waals surface area contributed by atoms with E-state index in [-0.39, 0.29) is 24.1 Å². The van der Waals surface area contributed by atoms with Crippen LogP contribution in [0.5, 0.6) is 6.01 Å². The molecule has 2 aliphatic rings. The van der Waals surface area contributed by atoms with Gasteiger partial charge in [-0.2, -0.15) is 9.97 Å². The van der Waals surface area contributed by atoms with Crippen LogP contribution in [0.2, 0.25) is 0 Å². The van der Waals surface area contributed by atoms with E-state index in [1.165, 1.54) is 16.9 Å². The number of aromatic nitrogens is 4. The van der Waals surface area contributed by atoms with Gasteiger partial charge in [-0.05, 0) is 47.8 Å². The van der Waals surface area contributed by atoms with Crippen molar-refractivity contribution in [2.75, 3.05) is 52.7 Å². The summed E-state index contributed by atoms with van der Waals surface area (Å²) in [6.45, 7) is 10.6. The summed E-state index contributed by atoms with van der Waals surface area (Å²) in [5.74, 6) is 0.173. The van der Waals surface area contributed by atoms with Gasteiger partial charge in [-0.1, -0.05) is 25.7 Å². The highest BCUT2D eigenvalue weighted by molar-refractivity contribution is 6.01. The van der Waals surface area contributed by atoms with Crippen molar-refractivity contribution < 1.29 is 9.47 Å². The molecule has 10 nitrogen and oxygen atoms in total. The second-order valence-electron chi connectivity index (χ2n) is 8.95. The van der Waals surface area contributed by atoms with Gasteiger partial charge in [-0.15, -0.1) is 0 Å². The molecular formula is C26H35N7O3. The number of likely N-dealkylation sites (tertiary alicyclic amines) is 1. The van der Waals surface area contributed by atoms with Crippen molar-refractivity contribution in [2.45, 2.75) is 32.7 Å². The largest absolute Gasteiger partial charge is 0.461 e. The molecule has 10 heteroatoms. The van der Waals surface area contributed by atoms with Gasteiger partial charge >= 0.3 is 11.7 Å². The van der Waals surface area contributed by atoms with Crippen molar-refractivity contribution >= 4 is 22.7 Å². The molecule has 0 spiro atoms. The Morgan fingerprint density at radius 1 is 1.28 bits per heavy atom. The van der Waals surface area contributed by atoms with Crippen molar-refractivity contribution in [1.82, 2.24) is 24.4 Å². The Balaban J connectivity index is 1.52. The van der Waals surface area contributed by atoms with Crippen molar-refractivity contribution in [1.29, 1.82) is 0 Å². The van der Waals surface area contributed by atoms with Gasteiger partial charge in [0.15, 0.2) is 11.5 Å². The van der Waals surface area contributed by atoms with Crippen LogP contribution in [-0.2, 0) is 11.3 Å². The fourth-order valence-corrected chi connectivity index (χ4v) is 4.53. The van der Waals surface area contributed by atoms with Crippen LogP contribution in [0.4, 0.5) is 5.82 Å². The third-order valence-electron chi connectivity index (χ3n) is 6.65. The van der Waals surface area contributed by atoms with Crippen molar-refractivity contribution in [3.63, 3.8) is 0 Å². The Morgan fingerprint density at radius 3 is 2.81 bits per heavy atom. The fourth-order valence-electron chi connectivity index (χ4n) is 4.53. The average molecular weight is 494 g/mol.